The zero-order chi connectivity index (χ0) is 25.3. The number of nitrogens with one attached hydrogen (secondary N) is 1. The Hall–Kier alpha value is -2.91. The third-order valence-corrected chi connectivity index (χ3v) is 6.83. The smallest absolute Gasteiger partial charge is 0.247 e. The van der Waals surface area contributed by atoms with Crippen molar-refractivity contribution in [3.63, 3.8) is 0 Å². The monoisotopic (exact) mass is 486 g/mol. The Labute approximate surface area is 205 Å². The van der Waals surface area contributed by atoms with E-state index in [0.29, 0.717) is 53.4 Å². The zero-order valence-corrected chi connectivity index (χ0v) is 20.4. The maximum absolute atomic E-state index is 13.3. The van der Waals surface area contributed by atoms with E-state index >= 15 is 0 Å². The van der Waals surface area contributed by atoms with Crippen molar-refractivity contribution in [1.82, 2.24) is 10.2 Å². The molecule has 0 radical (unpaired) electrons. The van der Waals surface area contributed by atoms with Crippen LogP contribution >= 0.6 is 0 Å². The fourth-order valence-electron chi connectivity index (χ4n) is 4.99. The van der Waals surface area contributed by atoms with E-state index in [1.54, 1.807) is 23.1 Å². The molecule has 1 aromatic rings. The summed E-state index contributed by atoms with van der Waals surface area (Å²) in [5, 5.41) is 23.4. The van der Waals surface area contributed by atoms with Crippen LogP contribution < -0.4 is 14.8 Å². The molecule has 2 aliphatic carbocycles. The van der Waals surface area contributed by atoms with E-state index in [1.807, 2.05) is 13.8 Å². The molecular formula is C26H34N2O7. The maximum Gasteiger partial charge on any atom is 0.247 e. The van der Waals surface area contributed by atoms with Gasteiger partial charge in [-0.3, -0.25) is 14.4 Å². The van der Waals surface area contributed by atoms with Crippen LogP contribution in [-0.2, 0) is 9.59 Å². The summed E-state index contributed by atoms with van der Waals surface area (Å²) < 4.78 is 11.6. The largest absolute Gasteiger partial charge is 0.493 e. The number of aliphatic hydroxyl groups excluding tert-OH is 2. The maximum atomic E-state index is 13.3. The SMILES string of the molecule is COc1cc(C=O)cc2c1O[C@@H]1[C@@H](O)[C@H](N(CC3CC3)C(=O)CC(C)C)C=C(C(=O)NCCO)[C@H]21. The number of rotatable bonds is 10. The first kappa shape index (κ1) is 25.2. The van der Waals surface area contributed by atoms with Crippen molar-refractivity contribution in [3.8, 4) is 11.5 Å². The number of aldehydes is 1. The number of aliphatic hydroxyl groups is 2. The summed E-state index contributed by atoms with van der Waals surface area (Å²) in [6.07, 6.45) is 2.80. The molecule has 1 aliphatic heterocycles. The van der Waals surface area contributed by atoms with Gasteiger partial charge in [-0.05, 0) is 42.9 Å². The minimum absolute atomic E-state index is 0.0598. The van der Waals surface area contributed by atoms with Crippen LogP contribution in [-0.4, -0.2) is 78.3 Å². The zero-order valence-electron chi connectivity index (χ0n) is 20.4. The topological polar surface area (TPSA) is 125 Å². The molecule has 190 valence electrons. The summed E-state index contributed by atoms with van der Waals surface area (Å²) >= 11 is 0. The van der Waals surface area contributed by atoms with Gasteiger partial charge in [-0.25, -0.2) is 0 Å². The van der Waals surface area contributed by atoms with Gasteiger partial charge in [0.25, 0.3) is 0 Å². The van der Waals surface area contributed by atoms with E-state index in [2.05, 4.69) is 5.32 Å². The van der Waals surface area contributed by atoms with Gasteiger partial charge in [0, 0.05) is 36.2 Å². The Bertz CT molecular complexity index is 1020. The van der Waals surface area contributed by atoms with Gasteiger partial charge in [-0.2, -0.15) is 0 Å². The molecule has 1 aromatic carbocycles. The van der Waals surface area contributed by atoms with Gasteiger partial charge in [0.05, 0.1) is 25.7 Å². The quantitative estimate of drug-likeness (QED) is 0.427. The van der Waals surface area contributed by atoms with Gasteiger partial charge in [-0.15, -0.1) is 0 Å². The average molecular weight is 487 g/mol. The van der Waals surface area contributed by atoms with Crippen molar-refractivity contribution < 1.29 is 34.1 Å². The second-order valence-electron chi connectivity index (χ2n) is 9.99. The molecular weight excluding hydrogens is 452 g/mol. The first-order chi connectivity index (χ1) is 16.8. The number of ether oxygens (including phenoxy) is 2. The van der Waals surface area contributed by atoms with Crippen molar-refractivity contribution in [3.05, 3.63) is 34.9 Å². The van der Waals surface area contributed by atoms with E-state index in [0.717, 1.165) is 12.8 Å². The van der Waals surface area contributed by atoms with Crippen LogP contribution in [0.25, 0.3) is 0 Å². The Morgan fingerprint density at radius 3 is 2.66 bits per heavy atom. The van der Waals surface area contributed by atoms with Crippen LogP contribution in [0.4, 0.5) is 0 Å². The minimum Gasteiger partial charge on any atom is -0.493 e. The molecule has 3 aliphatic rings. The van der Waals surface area contributed by atoms with Crippen molar-refractivity contribution in [1.29, 1.82) is 0 Å². The highest BCUT2D eigenvalue weighted by Crippen LogP contribution is 2.51. The van der Waals surface area contributed by atoms with Gasteiger partial charge >= 0.3 is 0 Å². The summed E-state index contributed by atoms with van der Waals surface area (Å²) in [4.78, 5) is 39.8. The number of hydrogen-bond donors (Lipinski definition) is 3. The molecule has 9 heteroatoms. The molecule has 1 fully saturated rings. The lowest BCUT2D eigenvalue weighted by Crippen LogP contribution is -2.56. The molecule has 0 spiro atoms. The van der Waals surface area contributed by atoms with Crippen LogP contribution in [0.1, 0.15) is 54.9 Å². The predicted octanol–water partition coefficient (Wildman–Crippen LogP) is 1.41. The molecule has 3 N–H and O–H groups in total. The first-order valence-electron chi connectivity index (χ1n) is 12.2. The molecule has 9 nitrogen and oxygen atoms in total. The normalized spacial score (nSPS) is 24.7. The molecule has 1 heterocycles. The Balaban J connectivity index is 1.79. The number of carbonyl (C=O) groups excluding carboxylic acids is 3. The number of hydrogen-bond acceptors (Lipinski definition) is 7. The van der Waals surface area contributed by atoms with Gasteiger partial charge in [0.2, 0.25) is 11.8 Å². The second kappa shape index (κ2) is 10.4. The van der Waals surface area contributed by atoms with E-state index in [1.165, 1.54) is 7.11 Å². The van der Waals surface area contributed by atoms with Crippen molar-refractivity contribution in [2.75, 3.05) is 26.8 Å². The van der Waals surface area contributed by atoms with Crippen molar-refractivity contribution in [2.45, 2.75) is 57.3 Å². The summed E-state index contributed by atoms with van der Waals surface area (Å²) in [6, 6.07) is 2.44. The van der Waals surface area contributed by atoms with Crippen LogP contribution in [0.3, 0.4) is 0 Å². The first-order valence-corrected chi connectivity index (χ1v) is 12.2. The molecule has 0 unspecified atom stereocenters. The second-order valence-corrected chi connectivity index (χ2v) is 9.99. The number of nitrogens with zero attached hydrogens (tertiary/aromatic N) is 1. The number of carbonyl (C=O) groups is 3. The van der Waals surface area contributed by atoms with Crippen molar-refractivity contribution in [2.24, 2.45) is 11.8 Å². The van der Waals surface area contributed by atoms with E-state index in [4.69, 9.17) is 9.47 Å². The fraction of sp³-hybridized carbons (Fsp3) is 0.577. The Kier molecular flexibility index (Phi) is 7.47. The van der Waals surface area contributed by atoms with Gasteiger partial charge < -0.3 is 29.9 Å². The summed E-state index contributed by atoms with van der Waals surface area (Å²) in [7, 11) is 1.46. The molecule has 0 saturated heterocycles. The Morgan fingerprint density at radius 1 is 1.31 bits per heavy atom. The van der Waals surface area contributed by atoms with Crippen LogP contribution in [0.5, 0.6) is 11.5 Å². The van der Waals surface area contributed by atoms with Crippen molar-refractivity contribution >= 4 is 18.1 Å². The average Bonchev–Trinajstić information content (AvgIpc) is 3.58. The van der Waals surface area contributed by atoms with Crippen LogP contribution in [0.2, 0.25) is 0 Å². The number of fused-ring (bicyclic) bond motifs is 3. The van der Waals surface area contributed by atoms with Gasteiger partial charge in [-0.1, -0.05) is 13.8 Å². The Morgan fingerprint density at radius 2 is 2.06 bits per heavy atom. The molecule has 0 aromatic heterocycles. The van der Waals surface area contributed by atoms with E-state index in [-0.39, 0.29) is 25.0 Å². The summed E-state index contributed by atoms with van der Waals surface area (Å²) in [6.45, 7) is 4.29. The molecule has 35 heavy (non-hydrogen) atoms. The third-order valence-electron chi connectivity index (χ3n) is 6.83. The number of amides is 2. The molecule has 2 amide bonds. The van der Waals surface area contributed by atoms with E-state index < -0.39 is 30.1 Å². The highest BCUT2D eigenvalue weighted by molar-refractivity contribution is 5.96. The molecule has 4 atom stereocenters. The van der Waals surface area contributed by atoms with Crippen LogP contribution in [0, 0.1) is 11.8 Å². The fourth-order valence-corrected chi connectivity index (χ4v) is 4.99. The summed E-state index contributed by atoms with van der Waals surface area (Å²) in [5.74, 6) is 0.0869. The molecule has 0 bridgehead atoms. The van der Waals surface area contributed by atoms with E-state index in [9.17, 15) is 24.6 Å². The molecule has 4 rings (SSSR count). The molecule has 1 saturated carbocycles. The third kappa shape index (κ3) is 5.06. The highest BCUT2D eigenvalue weighted by atomic mass is 16.5. The minimum atomic E-state index is -1.10. The summed E-state index contributed by atoms with van der Waals surface area (Å²) in [5.41, 5.74) is 1.27. The lowest BCUT2D eigenvalue weighted by molar-refractivity contribution is -0.138. The van der Waals surface area contributed by atoms with Crippen LogP contribution in [0.15, 0.2) is 23.8 Å². The van der Waals surface area contributed by atoms with Gasteiger partial charge in [0.1, 0.15) is 18.5 Å². The standard InChI is InChI=1S/C26H34N2O7/c1-14(2)8-21(31)28(12-15-4-5-15)19-11-18(26(33)27-6-7-29)22-17-9-16(13-30)10-20(34-3)24(17)35-25(22)23(19)32/h9-11,13-15,19,22-23,25,29,32H,4-8,12H2,1-3H3,(H,27,33)/t19-,22+,23+,25+/m1/s1. The number of methoxy groups -OCH3 is 1. The number of benzene rings is 1. The lowest BCUT2D eigenvalue weighted by atomic mass is 9.77. The predicted molar refractivity (Wildman–Crippen MR) is 127 cm³/mol. The lowest BCUT2D eigenvalue weighted by Gasteiger charge is -2.41. The highest BCUT2D eigenvalue weighted by Gasteiger charge is 2.51. The van der Waals surface area contributed by atoms with Gasteiger partial charge in [0.15, 0.2) is 11.5 Å².